The minimum absolute atomic E-state index is 0.102. The second kappa shape index (κ2) is 8.05. The molecule has 0 aliphatic heterocycles. The molecule has 0 fully saturated rings. The van der Waals surface area contributed by atoms with Gasteiger partial charge in [-0.15, -0.1) is 0 Å². The van der Waals surface area contributed by atoms with Crippen molar-refractivity contribution in [2.24, 2.45) is 0 Å². The third-order valence-corrected chi connectivity index (χ3v) is 3.24. The van der Waals surface area contributed by atoms with Crippen LogP contribution in [0.1, 0.15) is 12.2 Å². The fraction of sp³-hybridized carbons (Fsp3) is 0.167. The number of aromatic nitrogens is 2. The highest BCUT2D eigenvalue weighted by molar-refractivity contribution is 5.69. The maximum atomic E-state index is 12.9. The lowest BCUT2D eigenvalue weighted by atomic mass is 10.2. The molecule has 6 nitrogen and oxygen atoms in total. The van der Waals surface area contributed by atoms with Gasteiger partial charge in [0.05, 0.1) is 13.0 Å². The van der Waals surface area contributed by atoms with Crippen LogP contribution in [-0.2, 0) is 16.1 Å². The van der Waals surface area contributed by atoms with Gasteiger partial charge in [-0.25, -0.2) is 4.39 Å². The molecule has 0 unspecified atom stereocenters. The lowest BCUT2D eigenvalue weighted by Crippen LogP contribution is -2.10. The highest BCUT2D eigenvalue weighted by Crippen LogP contribution is 2.17. The molecule has 0 amide bonds. The van der Waals surface area contributed by atoms with Gasteiger partial charge in [-0.1, -0.05) is 23.4 Å². The van der Waals surface area contributed by atoms with Gasteiger partial charge in [0, 0.05) is 5.56 Å². The summed E-state index contributed by atoms with van der Waals surface area (Å²) in [6.07, 6.45) is 0.109. The van der Waals surface area contributed by atoms with Gasteiger partial charge in [0.15, 0.2) is 6.61 Å². The third-order valence-electron chi connectivity index (χ3n) is 3.24. The van der Waals surface area contributed by atoms with Crippen LogP contribution in [0.4, 0.5) is 4.39 Å². The molecule has 0 bridgehead atoms. The SMILES string of the molecule is O=C(CCOc1ccccc1)OCc1noc(-c2ccc(F)cc2)n1. The van der Waals surface area contributed by atoms with Crippen LogP contribution in [-0.4, -0.2) is 22.7 Å². The van der Waals surface area contributed by atoms with Crippen molar-refractivity contribution < 1.29 is 23.2 Å². The zero-order valence-corrected chi connectivity index (χ0v) is 13.2. The van der Waals surface area contributed by atoms with Crippen molar-refractivity contribution >= 4 is 5.97 Å². The minimum atomic E-state index is -0.427. The van der Waals surface area contributed by atoms with Gasteiger partial charge >= 0.3 is 5.97 Å². The molecule has 128 valence electrons. The summed E-state index contributed by atoms with van der Waals surface area (Å²) < 4.78 is 28.4. The number of hydrogen-bond acceptors (Lipinski definition) is 6. The molecule has 0 atom stereocenters. The molecule has 0 aliphatic carbocycles. The van der Waals surface area contributed by atoms with Crippen LogP contribution in [0.5, 0.6) is 5.75 Å². The van der Waals surface area contributed by atoms with Crippen molar-refractivity contribution in [2.75, 3.05) is 6.61 Å². The number of para-hydroxylation sites is 1. The second-order valence-electron chi connectivity index (χ2n) is 5.09. The zero-order valence-electron chi connectivity index (χ0n) is 13.2. The van der Waals surface area contributed by atoms with Gasteiger partial charge in [0.2, 0.25) is 5.82 Å². The van der Waals surface area contributed by atoms with E-state index < -0.39 is 5.97 Å². The number of hydrogen-bond donors (Lipinski definition) is 0. The van der Waals surface area contributed by atoms with E-state index in [4.69, 9.17) is 14.0 Å². The van der Waals surface area contributed by atoms with E-state index in [1.807, 2.05) is 30.3 Å². The van der Waals surface area contributed by atoms with Gasteiger partial charge in [0.25, 0.3) is 5.89 Å². The fourth-order valence-corrected chi connectivity index (χ4v) is 2.01. The molecular weight excluding hydrogens is 327 g/mol. The van der Waals surface area contributed by atoms with E-state index in [9.17, 15) is 9.18 Å². The molecule has 0 radical (unpaired) electrons. The summed E-state index contributed by atoms with van der Waals surface area (Å²) in [5.41, 5.74) is 0.586. The van der Waals surface area contributed by atoms with Crippen molar-refractivity contribution in [2.45, 2.75) is 13.0 Å². The van der Waals surface area contributed by atoms with E-state index in [1.165, 1.54) is 24.3 Å². The Morgan fingerprint density at radius 2 is 1.84 bits per heavy atom. The molecule has 7 heteroatoms. The van der Waals surface area contributed by atoms with Crippen LogP contribution in [0, 0.1) is 5.82 Å². The summed E-state index contributed by atoms with van der Waals surface area (Å²) in [6.45, 7) is 0.116. The van der Waals surface area contributed by atoms with Crippen molar-refractivity contribution in [3.8, 4) is 17.2 Å². The van der Waals surface area contributed by atoms with Gasteiger partial charge in [-0.3, -0.25) is 4.79 Å². The standard InChI is InChI=1S/C18H15FN2O4/c19-14-8-6-13(7-9-14)18-20-16(21-25-18)12-24-17(22)10-11-23-15-4-2-1-3-5-15/h1-9H,10-12H2. The topological polar surface area (TPSA) is 74.5 Å². The predicted molar refractivity (Wildman–Crippen MR) is 86.0 cm³/mol. The normalized spacial score (nSPS) is 10.4. The van der Waals surface area contributed by atoms with E-state index >= 15 is 0 Å². The zero-order chi connectivity index (χ0) is 17.5. The smallest absolute Gasteiger partial charge is 0.309 e. The van der Waals surface area contributed by atoms with Gasteiger partial charge in [-0.2, -0.15) is 4.98 Å². The van der Waals surface area contributed by atoms with Crippen molar-refractivity contribution in [1.82, 2.24) is 10.1 Å². The molecule has 0 N–H and O–H groups in total. The first-order valence-corrected chi connectivity index (χ1v) is 7.63. The average molecular weight is 342 g/mol. The van der Waals surface area contributed by atoms with Crippen molar-refractivity contribution in [3.05, 3.63) is 66.2 Å². The minimum Gasteiger partial charge on any atom is -0.493 e. The first-order valence-electron chi connectivity index (χ1n) is 7.63. The Morgan fingerprint density at radius 1 is 1.08 bits per heavy atom. The maximum absolute atomic E-state index is 12.9. The summed E-state index contributed by atoms with van der Waals surface area (Å²) in [5.74, 6) is 0.381. The monoisotopic (exact) mass is 342 g/mol. The Balaban J connectivity index is 1.44. The Morgan fingerprint density at radius 3 is 2.60 bits per heavy atom. The molecule has 3 aromatic rings. The Kier molecular flexibility index (Phi) is 5.36. The molecular formula is C18H15FN2O4. The third kappa shape index (κ3) is 4.87. The van der Waals surface area contributed by atoms with Gasteiger partial charge in [-0.05, 0) is 36.4 Å². The van der Waals surface area contributed by atoms with Gasteiger partial charge < -0.3 is 14.0 Å². The number of rotatable bonds is 7. The predicted octanol–water partition coefficient (Wildman–Crippen LogP) is 3.39. The number of ether oxygens (including phenoxy) is 2. The van der Waals surface area contributed by atoms with Gasteiger partial charge in [0.1, 0.15) is 11.6 Å². The molecule has 2 aromatic carbocycles. The number of nitrogens with zero attached hydrogens (tertiary/aromatic N) is 2. The van der Waals surface area contributed by atoms with E-state index in [0.29, 0.717) is 11.3 Å². The largest absolute Gasteiger partial charge is 0.493 e. The summed E-state index contributed by atoms with van der Waals surface area (Å²) in [7, 11) is 0. The highest BCUT2D eigenvalue weighted by atomic mass is 19.1. The quantitative estimate of drug-likeness (QED) is 0.613. The summed E-state index contributed by atoms with van der Waals surface area (Å²) >= 11 is 0. The van der Waals surface area contributed by atoms with Crippen LogP contribution in [0.25, 0.3) is 11.5 Å². The first-order chi connectivity index (χ1) is 12.2. The lowest BCUT2D eigenvalue weighted by molar-refractivity contribution is -0.145. The summed E-state index contributed by atoms with van der Waals surface area (Å²) in [6, 6.07) is 14.8. The average Bonchev–Trinajstić information content (AvgIpc) is 3.10. The molecule has 3 rings (SSSR count). The summed E-state index contributed by atoms with van der Waals surface area (Å²) in [5, 5.41) is 3.73. The van der Waals surface area contributed by atoms with E-state index in [0.717, 1.165) is 0 Å². The Hall–Kier alpha value is -3.22. The Labute approximate surface area is 143 Å². The van der Waals surface area contributed by atoms with E-state index in [2.05, 4.69) is 10.1 Å². The fourth-order valence-electron chi connectivity index (χ4n) is 2.01. The van der Waals surface area contributed by atoms with Crippen molar-refractivity contribution in [1.29, 1.82) is 0 Å². The Bertz CT molecular complexity index is 819. The number of carbonyl (C=O) groups excluding carboxylic acids is 1. The highest BCUT2D eigenvalue weighted by Gasteiger charge is 2.11. The molecule has 25 heavy (non-hydrogen) atoms. The number of carbonyl (C=O) groups is 1. The maximum Gasteiger partial charge on any atom is 0.309 e. The van der Waals surface area contributed by atoms with Crippen LogP contribution in [0.15, 0.2) is 59.1 Å². The van der Waals surface area contributed by atoms with Crippen LogP contribution in [0.3, 0.4) is 0 Å². The molecule has 1 aromatic heterocycles. The van der Waals surface area contributed by atoms with E-state index in [-0.39, 0.29) is 37.2 Å². The number of esters is 1. The van der Waals surface area contributed by atoms with E-state index in [1.54, 1.807) is 0 Å². The summed E-state index contributed by atoms with van der Waals surface area (Å²) in [4.78, 5) is 15.8. The first kappa shape index (κ1) is 16.6. The van der Waals surface area contributed by atoms with Crippen LogP contribution >= 0.6 is 0 Å². The molecule has 0 saturated heterocycles. The van der Waals surface area contributed by atoms with Crippen LogP contribution in [0.2, 0.25) is 0 Å². The second-order valence-corrected chi connectivity index (χ2v) is 5.09. The van der Waals surface area contributed by atoms with Crippen LogP contribution < -0.4 is 4.74 Å². The lowest BCUT2D eigenvalue weighted by Gasteiger charge is -2.05. The van der Waals surface area contributed by atoms with Crippen molar-refractivity contribution in [3.63, 3.8) is 0 Å². The molecule has 0 aliphatic rings. The number of halogens is 1. The molecule has 0 saturated carbocycles. The molecule has 0 spiro atoms. The molecule has 1 heterocycles. The number of benzene rings is 2.